The lowest BCUT2D eigenvalue weighted by Crippen LogP contribution is -2.37. The molecule has 0 spiro atoms. The molecule has 0 bridgehead atoms. The predicted octanol–water partition coefficient (Wildman–Crippen LogP) is 3.98. The number of para-hydroxylation sites is 1. The SMILES string of the molecule is CC(C)c1cccc2sc(N(CC3CCCO3)C(=O)c3ccn(C)n3)nc12. The molecule has 6 nitrogen and oxygen atoms in total. The van der Waals surface area contributed by atoms with Crippen LogP contribution < -0.4 is 4.90 Å². The largest absolute Gasteiger partial charge is 0.376 e. The second kappa shape index (κ2) is 7.40. The predicted molar refractivity (Wildman–Crippen MR) is 108 cm³/mol. The summed E-state index contributed by atoms with van der Waals surface area (Å²) in [5, 5.41) is 5.01. The Morgan fingerprint density at radius 1 is 1.41 bits per heavy atom. The molecule has 1 atom stereocenters. The number of anilines is 1. The Labute approximate surface area is 162 Å². The molecule has 0 radical (unpaired) electrons. The maximum Gasteiger partial charge on any atom is 0.280 e. The van der Waals surface area contributed by atoms with Crippen LogP contribution in [0.3, 0.4) is 0 Å². The Morgan fingerprint density at radius 3 is 2.93 bits per heavy atom. The minimum atomic E-state index is -0.128. The van der Waals surface area contributed by atoms with Gasteiger partial charge in [-0.3, -0.25) is 14.4 Å². The topological polar surface area (TPSA) is 60.2 Å². The third-order valence-corrected chi connectivity index (χ3v) is 5.92. The Kier molecular flexibility index (Phi) is 4.97. The lowest BCUT2D eigenvalue weighted by Gasteiger charge is -2.22. The van der Waals surface area contributed by atoms with Gasteiger partial charge in [0.05, 0.1) is 22.9 Å². The Hall–Kier alpha value is -2.25. The summed E-state index contributed by atoms with van der Waals surface area (Å²) in [6.45, 7) is 5.59. The maximum absolute atomic E-state index is 13.2. The van der Waals surface area contributed by atoms with Gasteiger partial charge in [0.1, 0.15) is 0 Å². The number of nitrogens with zero attached hydrogens (tertiary/aromatic N) is 4. The van der Waals surface area contributed by atoms with E-state index in [1.807, 2.05) is 7.05 Å². The van der Waals surface area contributed by atoms with Crippen molar-refractivity contribution in [3.8, 4) is 0 Å². The molecule has 0 saturated carbocycles. The number of aryl methyl sites for hydroxylation is 1. The van der Waals surface area contributed by atoms with Crippen LogP contribution in [0.1, 0.15) is 48.7 Å². The Bertz CT molecular complexity index is 956. The normalized spacial score (nSPS) is 17.1. The fraction of sp³-hybridized carbons (Fsp3) is 0.450. The number of rotatable bonds is 5. The molecule has 3 aromatic rings. The van der Waals surface area contributed by atoms with Crippen molar-refractivity contribution < 1.29 is 9.53 Å². The number of thiazole rings is 1. The van der Waals surface area contributed by atoms with Crippen molar-refractivity contribution in [2.24, 2.45) is 7.05 Å². The molecule has 142 valence electrons. The van der Waals surface area contributed by atoms with Crippen LogP contribution in [0, 0.1) is 0 Å². The van der Waals surface area contributed by atoms with Gasteiger partial charge in [0.15, 0.2) is 10.8 Å². The second-order valence-corrected chi connectivity index (χ2v) is 8.28. The zero-order chi connectivity index (χ0) is 19.0. The van der Waals surface area contributed by atoms with Crippen LogP contribution in [0.15, 0.2) is 30.5 Å². The summed E-state index contributed by atoms with van der Waals surface area (Å²) in [7, 11) is 1.81. The van der Waals surface area contributed by atoms with Crippen molar-refractivity contribution in [2.75, 3.05) is 18.1 Å². The highest BCUT2D eigenvalue weighted by atomic mass is 32.1. The fourth-order valence-electron chi connectivity index (χ4n) is 3.45. The van der Waals surface area contributed by atoms with E-state index in [0.717, 1.165) is 29.7 Å². The van der Waals surface area contributed by atoms with E-state index in [9.17, 15) is 4.79 Å². The number of carbonyl (C=O) groups excluding carboxylic acids is 1. The summed E-state index contributed by atoms with van der Waals surface area (Å²) in [6, 6.07) is 7.99. The third kappa shape index (κ3) is 3.61. The number of ether oxygens (including phenoxy) is 1. The molecule has 2 aromatic heterocycles. The van der Waals surface area contributed by atoms with E-state index in [0.29, 0.717) is 23.3 Å². The zero-order valence-electron chi connectivity index (χ0n) is 15.9. The number of hydrogen-bond acceptors (Lipinski definition) is 5. The highest BCUT2D eigenvalue weighted by Gasteiger charge is 2.28. The van der Waals surface area contributed by atoms with Gasteiger partial charge in [-0.25, -0.2) is 4.98 Å². The number of carbonyl (C=O) groups is 1. The first-order valence-electron chi connectivity index (χ1n) is 9.35. The molecule has 1 unspecified atom stereocenters. The van der Waals surface area contributed by atoms with E-state index in [2.05, 4.69) is 37.1 Å². The van der Waals surface area contributed by atoms with Crippen LogP contribution >= 0.6 is 11.3 Å². The van der Waals surface area contributed by atoms with E-state index in [1.54, 1.807) is 33.2 Å². The van der Waals surface area contributed by atoms with Gasteiger partial charge in [0.2, 0.25) is 0 Å². The van der Waals surface area contributed by atoms with Crippen LogP contribution in [0.2, 0.25) is 0 Å². The van der Waals surface area contributed by atoms with Gasteiger partial charge in [-0.1, -0.05) is 37.3 Å². The first kappa shape index (κ1) is 18.1. The molecule has 1 aliphatic heterocycles. The molecule has 1 amide bonds. The smallest absolute Gasteiger partial charge is 0.280 e. The third-order valence-electron chi connectivity index (χ3n) is 4.88. The number of benzene rings is 1. The number of fused-ring (bicyclic) bond motifs is 1. The molecule has 1 fully saturated rings. The first-order chi connectivity index (χ1) is 13.0. The minimum absolute atomic E-state index is 0.0502. The highest BCUT2D eigenvalue weighted by Crippen LogP contribution is 2.34. The molecule has 4 rings (SSSR count). The van der Waals surface area contributed by atoms with Gasteiger partial charge in [-0.05, 0) is 36.5 Å². The van der Waals surface area contributed by atoms with E-state index >= 15 is 0 Å². The van der Waals surface area contributed by atoms with Crippen molar-refractivity contribution in [1.82, 2.24) is 14.8 Å². The van der Waals surface area contributed by atoms with Gasteiger partial charge < -0.3 is 4.74 Å². The quantitative estimate of drug-likeness (QED) is 0.668. The summed E-state index contributed by atoms with van der Waals surface area (Å²) in [5.41, 5.74) is 2.62. The van der Waals surface area contributed by atoms with Gasteiger partial charge >= 0.3 is 0 Å². The van der Waals surface area contributed by atoms with Gasteiger partial charge in [-0.2, -0.15) is 5.10 Å². The van der Waals surface area contributed by atoms with E-state index in [-0.39, 0.29) is 12.0 Å². The molecular weight excluding hydrogens is 360 g/mol. The monoisotopic (exact) mass is 384 g/mol. The summed E-state index contributed by atoms with van der Waals surface area (Å²) >= 11 is 1.55. The summed E-state index contributed by atoms with van der Waals surface area (Å²) < 4.78 is 8.53. The average molecular weight is 385 g/mol. The first-order valence-corrected chi connectivity index (χ1v) is 10.2. The molecule has 1 aromatic carbocycles. The molecule has 0 aliphatic carbocycles. The van der Waals surface area contributed by atoms with Crippen LogP contribution in [0.4, 0.5) is 5.13 Å². The van der Waals surface area contributed by atoms with Crippen molar-refractivity contribution in [1.29, 1.82) is 0 Å². The Balaban J connectivity index is 1.74. The van der Waals surface area contributed by atoms with Crippen molar-refractivity contribution in [2.45, 2.75) is 38.7 Å². The second-order valence-electron chi connectivity index (χ2n) is 7.27. The summed E-state index contributed by atoms with van der Waals surface area (Å²) in [5.74, 6) is 0.248. The van der Waals surface area contributed by atoms with Gasteiger partial charge in [0.25, 0.3) is 5.91 Å². The zero-order valence-corrected chi connectivity index (χ0v) is 16.7. The van der Waals surface area contributed by atoms with Crippen molar-refractivity contribution >= 4 is 32.6 Å². The summed E-state index contributed by atoms with van der Waals surface area (Å²) in [6.07, 6.45) is 3.84. The number of aromatic nitrogens is 3. The van der Waals surface area contributed by atoms with Gasteiger partial charge in [-0.15, -0.1) is 0 Å². The minimum Gasteiger partial charge on any atom is -0.376 e. The molecule has 7 heteroatoms. The van der Waals surface area contributed by atoms with Gasteiger partial charge in [0, 0.05) is 19.9 Å². The van der Waals surface area contributed by atoms with Crippen LogP contribution in [0.5, 0.6) is 0 Å². The van der Waals surface area contributed by atoms with Crippen molar-refractivity contribution in [3.63, 3.8) is 0 Å². The van der Waals surface area contributed by atoms with E-state index < -0.39 is 0 Å². The van der Waals surface area contributed by atoms with Crippen molar-refractivity contribution in [3.05, 3.63) is 41.7 Å². The molecule has 1 saturated heterocycles. The highest BCUT2D eigenvalue weighted by molar-refractivity contribution is 7.22. The number of hydrogen-bond donors (Lipinski definition) is 0. The van der Waals surface area contributed by atoms with E-state index in [1.165, 1.54) is 5.56 Å². The Morgan fingerprint density at radius 2 is 2.26 bits per heavy atom. The summed E-state index contributed by atoms with van der Waals surface area (Å²) in [4.78, 5) is 19.8. The number of amides is 1. The standard InChI is InChI=1S/C20H24N4O2S/c1-13(2)15-7-4-8-17-18(15)21-20(27-17)24(12-14-6-5-11-26-14)19(25)16-9-10-23(3)22-16/h4,7-10,13-14H,5-6,11-12H2,1-3H3. The lowest BCUT2D eigenvalue weighted by atomic mass is 10.0. The lowest BCUT2D eigenvalue weighted by molar-refractivity contribution is 0.0913. The average Bonchev–Trinajstić information content (AvgIpc) is 3.38. The van der Waals surface area contributed by atoms with E-state index in [4.69, 9.17) is 9.72 Å². The molecule has 1 aliphatic rings. The molecular formula is C20H24N4O2S. The molecule has 27 heavy (non-hydrogen) atoms. The fourth-order valence-corrected chi connectivity index (χ4v) is 4.45. The van der Waals surface area contributed by atoms with Crippen LogP contribution in [0.25, 0.3) is 10.2 Å². The maximum atomic E-state index is 13.2. The van der Waals surface area contributed by atoms with Crippen LogP contribution in [-0.2, 0) is 11.8 Å². The molecule has 3 heterocycles. The van der Waals surface area contributed by atoms with Crippen LogP contribution in [-0.4, -0.2) is 39.9 Å². The molecule has 0 N–H and O–H groups in total.